The predicted molar refractivity (Wildman–Crippen MR) is 67.5 cm³/mol. The van der Waals surface area contributed by atoms with E-state index in [-0.39, 0.29) is 12.3 Å². The van der Waals surface area contributed by atoms with Gasteiger partial charge in [0.15, 0.2) is 0 Å². The van der Waals surface area contributed by atoms with Gasteiger partial charge in [-0.25, -0.2) is 4.79 Å². The molecule has 0 fully saturated rings. The molecule has 0 spiro atoms. The lowest BCUT2D eigenvalue weighted by atomic mass is 9.72. The van der Waals surface area contributed by atoms with Gasteiger partial charge in [0.2, 0.25) is 0 Å². The second-order valence-electron chi connectivity index (χ2n) is 5.21. The third-order valence-electron chi connectivity index (χ3n) is 3.86. The molecule has 0 amide bonds. The van der Waals surface area contributed by atoms with Crippen LogP contribution in [0.3, 0.4) is 0 Å². The fraction of sp³-hybridized carbons (Fsp3) is 0.500. The van der Waals surface area contributed by atoms with Gasteiger partial charge < -0.3 is 5.11 Å². The van der Waals surface area contributed by atoms with E-state index < -0.39 is 24.2 Å². The molecular weight excluding hydrogens is 271 g/mol. The van der Waals surface area contributed by atoms with Crippen molar-refractivity contribution in [3.05, 3.63) is 35.4 Å². The molecule has 3 nitrogen and oxygen atoms in total. The molecule has 0 radical (unpaired) electrons. The number of alkyl halides is 3. The van der Waals surface area contributed by atoms with E-state index in [1.807, 2.05) is 6.92 Å². The molecule has 6 heteroatoms. The Balaban J connectivity index is 2.44. The summed E-state index contributed by atoms with van der Waals surface area (Å²) in [4.78, 5) is 11.6. The molecule has 110 valence electrons. The number of hydrogen-bond acceptors (Lipinski definition) is 2. The third kappa shape index (κ3) is 2.65. The lowest BCUT2D eigenvalue weighted by Gasteiger charge is -2.39. The number of carboxylic acids is 1. The van der Waals surface area contributed by atoms with E-state index in [2.05, 4.69) is 5.32 Å². The van der Waals surface area contributed by atoms with Gasteiger partial charge in [0.1, 0.15) is 5.54 Å². The average Bonchev–Trinajstić information content (AvgIpc) is 2.37. The molecule has 0 heterocycles. The number of nitrogens with one attached hydrogen (secondary N) is 1. The molecule has 2 N–H and O–H groups in total. The molecule has 0 saturated heterocycles. The zero-order valence-electron chi connectivity index (χ0n) is 11.0. The van der Waals surface area contributed by atoms with Crippen LogP contribution in [-0.4, -0.2) is 23.8 Å². The van der Waals surface area contributed by atoms with Gasteiger partial charge in [0.05, 0.1) is 6.54 Å². The van der Waals surface area contributed by atoms with Crippen LogP contribution in [0.4, 0.5) is 13.2 Å². The zero-order valence-corrected chi connectivity index (χ0v) is 11.0. The second-order valence-corrected chi connectivity index (χ2v) is 5.21. The van der Waals surface area contributed by atoms with E-state index in [0.717, 1.165) is 5.56 Å². The Labute approximate surface area is 114 Å². The van der Waals surface area contributed by atoms with E-state index in [1.165, 1.54) is 0 Å². The van der Waals surface area contributed by atoms with Gasteiger partial charge in [-0.3, -0.25) is 5.32 Å². The number of halogens is 3. The number of carbonyl (C=O) groups is 1. The standard InChI is InChI=1S/C14H16F3NO2/c1-9-6-7-13(12(19)20,18-8-14(15,16)17)11-5-3-2-4-10(9)11/h2-5,9,18H,6-8H2,1H3,(H,19,20). The normalized spacial score (nSPS) is 26.1. The van der Waals surface area contributed by atoms with Gasteiger partial charge in [0.25, 0.3) is 0 Å². The molecular formula is C14H16F3NO2. The summed E-state index contributed by atoms with van der Waals surface area (Å²) in [6.07, 6.45) is -3.76. The Morgan fingerprint density at radius 2 is 2.10 bits per heavy atom. The lowest BCUT2D eigenvalue weighted by Crippen LogP contribution is -2.54. The lowest BCUT2D eigenvalue weighted by molar-refractivity contribution is -0.152. The molecule has 1 aromatic rings. The van der Waals surface area contributed by atoms with Crippen molar-refractivity contribution in [2.45, 2.75) is 37.4 Å². The molecule has 0 aromatic heterocycles. The van der Waals surface area contributed by atoms with Gasteiger partial charge in [-0.05, 0) is 29.9 Å². The Hall–Kier alpha value is -1.56. The van der Waals surface area contributed by atoms with Crippen molar-refractivity contribution < 1.29 is 23.1 Å². The van der Waals surface area contributed by atoms with Crippen molar-refractivity contribution in [1.82, 2.24) is 5.32 Å². The van der Waals surface area contributed by atoms with Gasteiger partial charge in [-0.2, -0.15) is 13.2 Å². The van der Waals surface area contributed by atoms with Crippen LogP contribution < -0.4 is 5.32 Å². The highest BCUT2D eigenvalue weighted by Gasteiger charge is 2.46. The Kier molecular flexibility index (Phi) is 3.77. The molecule has 2 atom stereocenters. The average molecular weight is 287 g/mol. The van der Waals surface area contributed by atoms with E-state index in [1.54, 1.807) is 24.3 Å². The highest BCUT2D eigenvalue weighted by molar-refractivity contribution is 5.82. The fourth-order valence-corrected chi connectivity index (χ4v) is 2.77. The van der Waals surface area contributed by atoms with Crippen molar-refractivity contribution in [2.75, 3.05) is 6.54 Å². The van der Waals surface area contributed by atoms with Crippen molar-refractivity contribution in [1.29, 1.82) is 0 Å². The van der Waals surface area contributed by atoms with Gasteiger partial charge in [-0.1, -0.05) is 31.2 Å². The number of fused-ring (bicyclic) bond motifs is 1. The first-order valence-electron chi connectivity index (χ1n) is 6.41. The molecule has 2 unspecified atom stereocenters. The van der Waals surface area contributed by atoms with Crippen LogP contribution in [0.2, 0.25) is 0 Å². The van der Waals surface area contributed by atoms with E-state index in [4.69, 9.17) is 0 Å². The summed E-state index contributed by atoms with van der Waals surface area (Å²) < 4.78 is 37.3. The number of rotatable bonds is 3. The first kappa shape index (κ1) is 14.8. The molecule has 0 aliphatic heterocycles. The van der Waals surface area contributed by atoms with Crippen LogP contribution >= 0.6 is 0 Å². The number of aliphatic carboxylic acids is 1. The predicted octanol–water partition coefficient (Wildman–Crippen LogP) is 3.02. The summed E-state index contributed by atoms with van der Waals surface area (Å²) >= 11 is 0. The van der Waals surface area contributed by atoms with Crippen LogP contribution in [-0.2, 0) is 10.3 Å². The highest BCUT2D eigenvalue weighted by atomic mass is 19.4. The van der Waals surface area contributed by atoms with Crippen molar-refractivity contribution in [3.63, 3.8) is 0 Å². The summed E-state index contributed by atoms with van der Waals surface area (Å²) in [5.41, 5.74) is -0.412. The van der Waals surface area contributed by atoms with Gasteiger partial charge >= 0.3 is 12.1 Å². The minimum absolute atomic E-state index is 0.145. The molecule has 20 heavy (non-hydrogen) atoms. The minimum Gasteiger partial charge on any atom is -0.480 e. The Morgan fingerprint density at radius 1 is 1.45 bits per heavy atom. The zero-order chi connectivity index (χ0) is 15.0. The summed E-state index contributed by atoms with van der Waals surface area (Å²) in [5.74, 6) is -1.12. The van der Waals surface area contributed by atoms with Crippen molar-refractivity contribution in [2.24, 2.45) is 0 Å². The molecule has 1 aromatic carbocycles. The van der Waals surface area contributed by atoms with Crippen LogP contribution in [0.15, 0.2) is 24.3 Å². The Bertz CT molecular complexity index is 515. The first-order chi connectivity index (χ1) is 9.26. The molecule has 1 aliphatic rings. The summed E-state index contributed by atoms with van der Waals surface area (Å²) in [6.45, 7) is 0.635. The summed E-state index contributed by atoms with van der Waals surface area (Å²) in [6, 6.07) is 6.81. The SMILES string of the molecule is CC1CCC(NCC(F)(F)F)(C(=O)O)c2ccccc21. The van der Waals surface area contributed by atoms with Crippen LogP contribution in [0.25, 0.3) is 0 Å². The molecule has 0 saturated carbocycles. The summed E-state index contributed by atoms with van der Waals surface area (Å²) in [5, 5.41) is 11.7. The quantitative estimate of drug-likeness (QED) is 0.898. The number of benzene rings is 1. The molecule has 2 rings (SSSR count). The maximum Gasteiger partial charge on any atom is 0.401 e. The second kappa shape index (κ2) is 5.09. The largest absolute Gasteiger partial charge is 0.480 e. The van der Waals surface area contributed by atoms with Crippen LogP contribution in [0.1, 0.15) is 36.8 Å². The minimum atomic E-state index is -4.44. The first-order valence-corrected chi connectivity index (χ1v) is 6.41. The number of carboxylic acid groups (broad SMARTS) is 1. The highest BCUT2D eigenvalue weighted by Crippen LogP contribution is 2.41. The van der Waals surface area contributed by atoms with Crippen LogP contribution in [0.5, 0.6) is 0 Å². The molecule has 0 bridgehead atoms. The fourth-order valence-electron chi connectivity index (χ4n) is 2.77. The monoisotopic (exact) mass is 287 g/mol. The van der Waals surface area contributed by atoms with Crippen LogP contribution in [0, 0.1) is 0 Å². The van der Waals surface area contributed by atoms with E-state index >= 15 is 0 Å². The smallest absolute Gasteiger partial charge is 0.401 e. The van der Waals surface area contributed by atoms with E-state index in [0.29, 0.717) is 12.0 Å². The maximum absolute atomic E-state index is 12.4. The maximum atomic E-state index is 12.4. The van der Waals surface area contributed by atoms with Gasteiger partial charge in [-0.15, -0.1) is 0 Å². The topological polar surface area (TPSA) is 49.3 Å². The molecule has 1 aliphatic carbocycles. The Morgan fingerprint density at radius 3 is 2.70 bits per heavy atom. The third-order valence-corrected chi connectivity index (χ3v) is 3.86. The van der Waals surface area contributed by atoms with Crippen molar-refractivity contribution >= 4 is 5.97 Å². The van der Waals surface area contributed by atoms with Crippen molar-refractivity contribution in [3.8, 4) is 0 Å². The van der Waals surface area contributed by atoms with Gasteiger partial charge in [0, 0.05) is 0 Å². The summed E-state index contributed by atoms with van der Waals surface area (Å²) in [7, 11) is 0. The van der Waals surface area contributed by atoms with E-state index in [9.17, 15) is 23.1 Å². The number of hydrogen-bond donors (Lipinski definition) is 2.